The Bertz CT molecular complexity index is 328. The molecule has 0 saturated carbocycles. The summed E-state index contributed by atoms with van der Waals surface area (Å²) >= 11 is 5.42. The number of carbonyl (C=O) groups excluding carboxylic acids is 1. The van der Waals surface area contributed by atoms with Crippen molar-refractivity contribution in [3.63, 3.8) is 0 Å². The first-order valence-corrected chi connectivity index (χ1v) is 3.70. The summed E-state index contributed by atoms with van der Waals surface area (Å²) < 4.78 is 17.1. The van der Waals surface area contributed by atoms with E-state index in [0.29, 0.717) is 0 Å². The minimum absolute atomic E-state index is 0.0391. The van der Waals surface area contributed by atoms with E-state index in [1.807, 2.05) is 0 Å². The Kier molecular flexibility index (Phi) is 2.72. The zero-order chi connectivity index (χ0) is 10.0. The first kappa shape index (κ1) is 9.80. The van der Waals surface area contributed by atoms with Crippen LogP contribution in [0.1, 0.15) is 10.4 Å². The number of phenols is 1. The number of halogens is 2. The molecule has 0 radical (unpaired) electrons. The predicted molar refractivity (Wildman–Crippen MR) is 44.4 cm³/mol. The fraction of sp³-hybridized carbons (Fsp3) is 0.125. The second-order valence-corrected chi connectivity index (χ2v) is 2.69. The number of hydrogen-bond donors (Lipinski definition) is 1. The summed E-state index contributed by atoms with van der Waals surface area (Å²) in [4.78, 5) is 10.9. The molecule has 0 aliphatic carbocycles. The number of carbonyl (C=O) groups is 1. The lowest BCUT2D eigenvalue weighted by molar-refractivity contribution is 0.0600. The van der Waals surface area contributed by atoms with Crippen molar-refractivity contribution in [1.82, 2.24) is 0 Å². The van der Waals surface area contributed by atoms with Crippen LogP contribution in [0.2, 0.25) is 5.02 Å². The molecule has 0 heterocycles. The van der Waals surface area contributed by atoms with Crippen molar-refractivity contribution in [2.24, 2.45) is 0 Å². The number of rotatable bonds is 1. The van der Waals surface area contributed by atoms with E-state index in [0.717, 1.165) is 12.1 Å². The van der Waals surface area contributed by atoms with Crippen LogP contribution in [0, 0.1) is 5.82 Å². The average Bonchev–Trinajstić information content (AvgIpc) is 2.12. The van der Waals surface area contributed by atoms with Crippen molar-refractivity contribution in [1.29, 1.82) is 0 Å². The molecule has 13 heavy (non-hydrogen) atoms. The molecule has 0 fully saturated rings. The maximum absolute atomic E-state index is 12.8. The van der Waals surface area contributed by atoms with Crippen LogP contribution < -0.4 is 0 Å². The fourth-order valence-electron chi connectivity index (χ4n) is 0.801. The monoisotopic (exact) mass is 204 g/mol. The van der Waals surface area contributed by atoms with Crippen LogP contribution in [0.3, 0.4) is 0 Å². The summed E-state index contributed by atoms with van der Waals surface area (Å²) in [6.07, 6.45) is 0. The van der Waals surface area contributed by atoms with E-state index in [-0.39, 0.29) is 10.6 Å². The van der Waals surface area contributed by atoms with Crippen LogP contribution >= 0.6 is 11.6 Å². The van der Waals surface area contributed by atoms with Crippen molar-refractivity contribution < 1.29 is 19.0 Å². The standard InChI is InChI=1S/C8H6ClFO3/c1-13-8(12)4-2-5(9)7(11)6(10)3-4/h2-3,11H,1H3. The molecule has 5 heteroatoms. The minimum atomic E-state index is -0.951. The highest BCUT2D eigenvalue weighted by atomic mass is 35.5. The zero-order valence-corrected chi connectivity index (χ0v) is 7.43. The summed E-state index contributed by atoms with van der Waals surface area (Å²) in [5, 5.41) is 8.70. The zero-order valence-electron chi connectivity index (χ0n) is 6.67. The fourth-order valence-corrected chi connectivity index (χ4v) is 1.01. The third kappa shape index (κ3) is 1.89. The third-order valence-electron chi connectivity index (χ3n) is 1.44. The van der Waals surface area contributed by atoms with Gasteiger partial charge < -0.3 is 9.84 Å². The summed E-state index contributed by atoms with van der Waals surface area (Å²) in [6.45, 7) is 0. The summed E-state index contributed by atoms with van der Waals surface area (Å²) in [5.41, 5.74) is -0.0391. The average molecular weight is 205 g/mol. The maximum atomic E-state index is 12.8. The molecule has 0 spiro atoms. The van der Waals surface area contributed by atoms with Crippen LogP contribution in [-0.4, -0.2) is 18.2 Å². The number of benzene rings is 1. The molecule has 3 nitrogen and oxygen atoms in total. The number of ether oxygens (including phenoxy) is 1. The van der Waals surface area contributed by atoms with E-state index < -0.39 is 17.5 Å². The summed E-state index contributed by atoms with van der Waals surface area (Å²) in [6, 6.07) is 1.98. The number of phenolic OH excluding ortho intramolecular Hbond substituents is 1. The molecule has 1 aromatic carbocycles. The Morgan fingerprint density at radius 1 is 1.62 bits per heavy atom. The highest BCUT2D eigenvalue weighted by Gasteiger charge is 2.12. The maximum Gasteiger partial charge on any atom is 0.338 e. The molecule has 0 atom stereocenters. The quantitative estimate of drug-likeness (QED) is 0.712. The van der Waals surface area contributed by atoms with E-state index >= 15 is 0 Å². The summed E-state index contributed by atoms with van der Waals surface area (Å²) in [7, 11) is 1.17. The lowest BCUT2D eigenvalue weighted by Crippen LogP contribution is -2.01. The molecule has 0 amide bonds. The van der Waals surface area contributed by atoms with Gasteiger partial charge in [0.05, 0.1) is 17.7 Å². The van der Waals surface area contributed by atoms with Gasteiger partial charge in [0.25, 0.3) is 0 Å². The van der Waals surface area contributed by atoms with Gasteiger partial charge in [-0.2, -0.15) is 0 Å². The largest absolute Gasteiger partial charge is 0.504 e. The second kappa shape index (κ2) is 3.62. The Balaban J connectivity index is 3.20. The van der Waals surface area contributed by atoms with Crippen molar-refractivity contribution in [3.8, 4) is 5.75 Å². The molecule has 0 aliphatic rings. The molecular formula is C8H6ClFO3. The van der Waals surface area contributed by atoms with Crippen LogP contribution in [-0.2, 0) is 4.74 Å². The molecule has 0 saturated heterocycles. The first-order valence-electron chi connectivity index (χ1n) is 3.32. The predicted octanol–water partition coefficient (Wildman–Crippen LogP) is 1.97. The van der Waals surface area contributed by atoms with Gasteiger partial charge in [0.2, 0.25) is 0 Å². The van der Waals surface area contributed by atoms with Gasteiger partial charge in [-0.3, -0.25) is 0 Å². The Labute approximate surface area is 78.7 Å². The lowest BCUT2D eigenvalue weighted by atomic mass is 10.2. The molecule has 70 valence electrons. The molecule has 0 unspecified atom stereocenters. The highest BCUT2D eigenvalue weighted by molar-refractivity contribution is 6.32. The molecular weight excluding hydrogens is 199 g/mol. The first-order chi connectivity index (χ1) is 6.06. The van der Waals surface area contributed by atoms with E-state index in [4.69, 9.17) is 16.7 Å². The third-order valence-corrected chi connectivity index (χ3v) is 1.73. The van der Waals surface area contributed by atoms with Crippen LogP contribution in [0.15, 0.2) is 12.1 Å². The normalized spacial score (nSPS) is 9.77. The van der Waals surface area contributed by atoms with Gasteiger partial charge in [-0.05, 0) is 12.1 Å². The van der Waals surface area contributed by atoms with E-state index in [1.165, 1.54) is 7.11 Å². The van der Waals surface area contributed by atoms with Gasteiger partial charge in [0.1, 0.15) is 0 Å². The van der Waals surface area contributed by atoms with Gasteiger partial charge in [-0.1, -0.05) is 11.6 Å². The van der Waals surface area contributed by atoms with Crippen molar-refractivity contribution in [3.05, 3.63) is 28.5 Å². The Morgan fingerprint density at radius 2 is 2.23 bits per heavy atom. The lowest BCUT2D eigenvalue weighted by Gasteiger charge is -2.02. The van der Waals surface area contributed by atoms with E-state index in [9.17, 15) is 9.18 Å². The van der Waals surface area contributed by atoms with E-state index in [1.54, 1.807) is 0 Å². The van der Waals surface area contributed by atoms with Crippen LogP contribution in [0.25, 0.3) is 0 Å². The number of esters is 1. The van der Waals surface area contributed by atoms with Gasteiger partial charge in [-0.15, -0.1) is 0 Å². The van der Waals surface area contributed by atoms with Gasteiger partial charge in [-0.25, -0.2) is 9.18 Å². The Morgan fingerprint density at radius 3 is 2.69 bits per heavy atom. The second-order valence-electron chi connectivity index (χ2n) is 2.28. The SMILES string of the molecule is COC(=O)c1cc(F)c(O)c(Cl)c1. The molecule has 0 aliphatic heterocycles. The van der Waals surface area contributed by atoms with Crippen molar-refractivity contribution in [2.75, 3.05) is 7.11 Å². The van der Waals surface area contributed by atoms with Crippen LogP contribution in [0.4, 0.5) is 4.39 Å². The number of aromatic hydroxyl groups is 1. The highest BCUT2D eigenvalue weighted by Crippen LogP contribution is 2.27. The van der Waals surface area contributed by atoms with Crippen LogP contribution in [0.5, 0.6) is 5.75 Å². The molecule has 0 aromatic heterocycles. The van der Waals surface area contributed by atoms with Gasteiger partial charge >= 0.3 is 5.97 Å². The van der Waals surface area contributed by atoms with Gasteiger partial charge in [0.15, 0.2) is 11.6 Å². The number of methoxy groups -OCH3 is 1. The van der Waals surface area contributed by atoms with Gasteiger partial charge in [0, 0.05) is 0 Å². The Hall–Kier alpha value is -1.29. The topological polar surface area (TPSA) is 46.5 Å². The summed E-state index contributed by atoms with van der Waals surface area (Å²) in [5.74, 6) is -2.33. The molecule has 1 N–H and O–H groups in total. The molecule has 1 rings (SSSR count). The van der Waals surface area contributed by atoms with Crippen molar-refractivity contribution >= 4 is 17.6 Å². The molecule has 1 aromatic rings. The smallest absolute Gasteiger partial charge is 0.338 e. The molecule has 0 bridgehead atoms. The van der Waals surface area contributed by atoms with Crippen molar-refractivity contribution in [2.45, 2.75) is 0 Å². The van der Waals surface area contributed by atoms with E-state index in [2.05, 4.69) is 4.74 Å². The minimum Gasteiger partial charge on any atom is -0.504 e. The number of hydrogen-bond acceptors (Lipinski definition) is 3.